The second-order valence-corrected chi connectivity index (χ2v) is 7.53. The largest absolute Gasteiger partial charge is 0.384 e. The topological polar surface area (TPSA) is 96.0 Å². The minimum Gasteiger partial charge on any atom is -0.384 e. The number of benzene rings is 2. The standard InChI is InChI=1S/C17H21N3O2S/c1-13-2-8-16(9-3-13)23(21,22)11-10-20-12-14-4-6-15(7-5-14)17(18)19/h2-9,20H,10-12H2,1H3,(H3,18,19). The summed E-state index contributed by atoms with van der Waals surface area (Å²) in [6.45, 7) is 2.88. The molecule has 0 heterocycles. The van der Waals surface area contributed by atoms with Gasteiger partial charge in [0.15, 0.2) is 9.84 Å². The normalized spacial score (nSPS) is 11.3. The number of hydrogen-bond donors (Lipinski definition) is 3. The van der Waals surface area contributed by atoms with E-state index in [2.05, 4.69) is 5.32 Å². The number of nitrogens with two attached hydrogens (primary N) is 1. The molecule has 0 fully saturated rings. The Morgan fingerprint density at radius 2 is 1.70 bits per heavy atom. The van der Waals surface area contributed by atoms with Crippen LogP contribution in [0, 0.1) is 12.3 Å². The molecule has 0 unspecified atom stereocenters. The molecule has 122 valence electrons. The molecule has 23 heavy (non-hydrogen) atoms. The summed E-state index contributed by atoms with van der Waals surface area (Å²) in [5.41, 5.74) is 8.13. The van der Waals surface area contributed by atoms with Gasteiger partial charge in [0.2, 0.25) is 0 Å². The first-order chi connectivity index (χ1) is 10.9. The molecule has 2 aromatic rings. The summed E-state index contributed by atoms with van der Waals surface area (Å²) in [6.07, 6.45) is 0. The fourth-order valence-corrected chi connectivity index (χ4v) is 3.30. The first-order valence-electron chi connectivity index (χ1n) is 7.32. The van der Waals surface area contributed by atoms with Gasteiger partial charge in [-0.25, -0.2) is 8.42 Å². The van der Waals surface area contributed by atoms with Crippen molar-refractivity contribution >= 4 is 15.7 Å². The number of rotatable bonds is 7. The van der Waals surface area contributed by atoms with Crippen LogP contribution in [0.4, 0.5) is 0 Å². The molecule has 2 rings (SSSR count). The van der Waals surface area contributed by atoms with Gasteiger partial charge in [0.25, 0.3) is 0 Å². The first kappa shape index (κ1) is 17.2. The van der Waals surface area contributed by atoms with Gasteiger partial charge >= 0.3 is 0 Å². The van der Waals surface area contributed by atoms with Gasteiger partial charge in [-0.3, -0.25) is 5.41 Å². The number of nitrogens with one attached hydrogen (secondary N) is 2. The number of hydrogen-bond acceptors (Lipinski definition) is 4. The molecule has 0 saturated heterocycles. The van der Waals surface area contributed by atoms with Crippen molar-refractivity contribution in [1.82, 2.24) is 5.32 Å². The predicted molar refractivity (Wildman–Crippen MR) is 92.4 cm³/mol. The Hall–Kier alpha value is -2.18. The molecule has 0 radical (unpaired) electrons. The van der Waals surface area contributed by atoms with Gasteiger partial charge in [0.1, 0.15) is 5.84 Å². The van der Waals surface area contributed by atoms with E-state index in [1.54, 1.807) is 36.4 Å². The molecule has 0 spiro atoms. The van der Waals surface area contributed by atoms with Gasteiger partial charge in [-0.05, 0) is 24.6 Å². The van der Waals surface area contributed by atoms with Crippen molar-refractivity contribution in [2.75, 3.05) is 12.3 Å². The van der Waals surface area contributed by atoms with Crippen molar-refractivity contribution in [2.24, 2.45) is 5.73 Å². The molecule has 0 aromatic heterocycles. The molecule has 0 aliphatic rings. The zero-order valence-corrected chi connectivity index (χ0v) is 13.9. The molecule has 2 aromatic carbocycles. The Labute approximate surface area is 137 Å². The third-order valence-electron chi connectivity index (χ3n) is 3.52. The maximum atomic E-state index is 12.2. The second-order valence-electron chi connectivity index (χ2n) is 5.42. The quantitative estimate of drug-likeness (QED) is 0.410. The van der Waals surface area contributed by atoms with E-state index in [4.69, 9.17) is 11.1 Å². The molecule has 0 bridgehead atoms. The van der Waals surface area contributed by atoms with E-state index >= 15 is 0 Å². The summed E-state index contributed by atoms with van der Waals surface area (Å²) >= 11 is 0. The summed E-state index contributed by atoms with van der Waals surface area (Å²) < 4.78 is 24.4. The zero-order chi connectivity index (χ0) is 16.9. The lowest BCUT2D eigenvalue weighted by molar-refractivity contribution is 0.590. The fourth-order valence-electron chi connectivity index (χ4n) is 2.10. The number of amidine groups is 1. The number of nitrogen functional groups attached to an aromatic ring is 1. The van der Waals surface area contributed by atoms with Crippen LogP contribution in [0.3, 0.4) is 0 Å². The third kappa shape index (κ3) is 4.91. The SMILES string of the molecule is Cc1ccc(S(=O)(=O)CCNCc2ccc(C(=N)N)cc2)cc1. The lowest BCUT2D eigenvalue weighted by Gasteiger charge is -2.07. The van der Waals surface area contributed by atoms with Gasteiger partial charge in [0.05, 0.1) is 10.6 Å². The van der Waals surface area contributed by atoms with Crippen molar-refractivity contribution in [3.05, 3.63) is 65.2 Å². The van der Waals surface area contributed by atoms with E-state index in [0.717, 1.165) is 11.1 Å². The van der Waals surface area contributed by atoms with Crippen LogP contribution in [-0.4, -0.2) is 26.6 Å². The van der Waals surface area contributed by atoms with Gasteiger partial charge in [-0.1, -0.05) is 42.0 Å². The molecule has 5 nitrogen and oxygen atoms in total. The summed E-state index contributed by atoms with van der Waals surface area (Å²) in [7, 11) is -3.26. The molecule has 0 aliphatic carbocycles. The smallest absolute Gasteiger partial charge is 0.179 e. The van der Waals surface area contributed by atoms with E-state index in [-0.39, 0.29) is 11.6 Å². The Morgan fingerprint density at radius 1 is 1.09 bits per heavy atom. The van der Waals surface area contributed by atoms with Crippen LogP contribution in [-0.2, 0) is 16.4 Å². The zero-order valence-electron chi connectivity index (χ0n) is 13.0. The van der Waals surface area contributed by atoms with Gasteiger partial charge < -0.3 is 11.1 Å². The highest BCUT2D eigenvalue weighted by atomic mass is 32.2. The van der Waals surface area contributed by atoms with Crippen molar-refractivity contribution in [2.45, 2.75) is 18.4 Å². The summed E-state index contributed by atoms with van der Waals surface area (Å²) in [5, 5.41) is 10.5. The van der Waals surface area contributed by atoms with Crippen LogP contribution in [0.1, 0.15) is 16.7 Å². The van der Waals surface area contributed by atoms with Crippen LogP contribution < -0.4 is 11.1 Å². The third-order valence-corrected chi connectivity index (χ3v) is 5.25. The molecule has 4 N–H and O–H groups in total. The van der Waals surface area contributed by atoms with Crippen LogP contribution in [0.5, 0.6) is 0 Å². The fraction of sp³-hybridized carbons (Fsp3) is 0.235. The van der Waals surface area contributed by atoms with Crippen LogP contribution in [0.25, 0.3) is 0 Å². The Bertz CT molecular complexity index is 766. The summed E-state index contributed by atoms with van der Waals surface area (Å²) in [4.78, 5) is 0.357. The second kappa shape index (κ2) is 7.39. The van der Waals surface area contributed by atoms with E-state index < -0.39 is 9.84 Å². The van der Waals surface area contributed by atoms with Crippen molar-refractivity contribution in [1.29, 1.82) is 5.41 Å². The lowest BCUT2D eigenvalue weighted by atomic mass is 10.1. The maximum absolute atomic E-state index is 12.2. The van der Waals surface area contributed by atoms with Crippen molar-refractivity contribution in [3.63, 3.8) is 0 Å². The van der Waals surface area contributed by atoms with E-state index in [0.29, 0.717) is 23.5 Å². The van der Waals surface area contributed by atoms with Crippen LogP contribution >= 0.6 is 0 Å². The van der Waals surface area contributed by atoms with E-state index in [1.165, 1.54) is 0 Å². The van der Waals surface area contributed by atoms with Crippen LogP contribution in [0.2, 0.25) is 0 Å². The van der Waals surface area contributed by atoms with Crippen LogP contribution in [0.15, 0.2) is 53.4 Å². The Morgan fingerprint density at radius 3 is 2.26 bits per heavy atom. The average Bonchev–Trinajstić information content (AvgIpc) is 2.52. The average molecular weight is 331 g/mol. The molecule has 0 saturated carbocycles. The summed E-state index contributed by atoms with van der Waals surface area (Å²) in [6, 6.07) is 14.2. The highest BCUT2D eigenvalue weighted by molar-refractivity contribution is 7.91. The van der Waals surface area contributed by atoms with Crippen molar-refractivity contribution in [3.8, 4) is 0 Å². The van der Waals surface area contributed by atoms with E-state index in [9.17, 15) is 8.42 Å². The molecule has 0 atom stereocenters. The number of sulfone groups is 1. The maximum Gasteiger partial charge on any atom is 0.179 e. The predicted octanol–water partition coefficient (Wildman–Crippen LogP) is 1.84. The van der Waals surface area contributed by atoms with E-state index in [1.807, 2.05) is 19.1 Å². The lowest BCUT2D eigenvalue weighted by Crippen LogP contribution is -2.22. The molecule has 0 aliphatic heterocycles. The summed E-state index contributed by atoms with van der Waals surface area (Å²) in [5.74, 6) is 0.0930. The van der Waals surface area contributed by atoms with Gasteiger partial charge in [0, 0.05) is 18.7 Å². The molecular weight excluding hydrogens is 310 g/mol. The Balaban J connectivity index is 1.84. The van der Waals surface area contributed by atoms with Gasteiger partial charge in [-0.15, -0.1) is 0 Å². The molecular formula is C17H21N3O2S. The monoisotopic (exact) mass is 331 g/mol. The first-order valence-corrected chi connectivity index (χ1v) is 8.97. The number of aryl methyl sites for hydroxylation is 1. The highest BCUT2D eigenvalue weighted by Gasteiger charge is 2.13. The minimum absolute atomic E-state index is 0.0358. The van der Waals surface area contributed by atoms with Gasteiger partial charge in [-0.2, -0.15) is 0 Å². The minimum atomic E-state index is -3.26. The van der Waals surface area contributed by atoms with Crippen molar-refractivity contribution < 1.29 is 8.42 Å². The molecule has 6 heteroatoms. The molecule has 0 amide bonds. The Kier molecular flexibility index (Phi) is 5.52. The highest BCUT2D eigenvalue weighted by Crippen LogP contribution is 2.11.